The molecule has 1 amide bonds. The van der Waals surface area contributed by atoms with E-state index in [1.807, 2.05) is 36.4 Å². The predicted molar refractivity (Wildman–Crippen MR) is 118 cm³/mol. The first kappa shape index (κ1) is 19.1. The van der Waals surface area contributed by atoms with Crippen molar-refractivity contribution in [3.8, 4) is 0 Å². The number of halogens is 1. The van der Waals surface area contributed by atoms with Crippen LogP contribution in [0.25, 0.3) is 11.0 Å². The zero-order chi connectivity index (χ0) is 20.2. The molecule has 1 heterocycles. The Balaban J connectivity index is 1.49. The molecule has 144 valence electrons. The van der Waals surface area contributed by atoms with Gasteiger partial charge in [-0.25, -0.2) is 4.79 Å². The van der Waals surface area contributed by atoms with Crippen molar-refractivity contribution in [3.63, 3.8) is 0 Å². The van der Waals surface area contributed by atoms with Crippen LogP contribution < -0.4 is 15.7 Å². The minimum atomic E-state index is -0.374. The average Bonchev–Trinajstić information content (AvgIpc) is 2.73. The monoisotopic (exact) mass is 422 g/mol. The van der Waals surface area contributed by atoms with E-state index in [2.05, 4.69) is 10.0 Å². The normalized spacial score (nSPS) is 10.7. The van der Waals surface area contributed by atoms with Crippen LogP contribution in [0.15, 0.2) is 93.0 Å². The summed E-state index contributed by atoms with van der Waals surface area (Å²) in [6.45, 7) is 0. The fraction of sp³-hybridized carbons (Fsp3) is 0. The van der Waals surface area contributed by atoms with Gasteiger partial charge < -0.3 is 14.5 Å². The molecule has 0 saturated carbocycles. The molecule has 0 aliphatic carbocycles. The highest BCUT2D eigenvalue weighted by atomic mass is 35.5. The number of hydrogen-bond donors (Lipinski definition) is 2. The van der Waals surface area contributed by atoms with E-state index in [1.165, 1.54) is 18.0 Å². The standard InChI is InChI=1S/C22H15ClN2O3S/c23-16-8-5-14(6-9-16)22(27)24-18-3-1-2-4-19(18)25-29-17-10-11-20-15(13-17)7-12-21(26)28-20/h1-13,25H,(H,24,27). The summed E-state index contributed by atoms with van der Waals surface area (Å²) in [5, 5.41) is 4.32. The number of para-hydroxylation sites is 2. The first-order chi connectivity index (χ1) is 14.1. The largest absolute Gasteiger partial charge is 0.423 e. The average molecular weight is 423 g/mol. The number of carbonyl (C=O) groups excluding carboxylic acids is 1. The summed E-state index contributed by atoms with van der Waals surface area (Å²) >= 11 is 7.27. The van der Waals surface area contributed by atoms with E-state index in [-0.39, 0.29) is 11.5 Å². The van der Waals surface area contributed by atoms with Gasteiger partial charge in [-0.15, -0.1) is 0 Å². The molecular weight excluding hydrogens is 408 g/mol. The Labute approximate surface area is 175 Å². The number of amides is 1. The SMILES string of the molecule is O=C(Nc1ccccc1NSc1ccc2oc(=O)ccc2c1)c1ccc(Cl)cc1. The summed E-state index contributed by atoms with van der Waals surface area (Å²) in [5.74, 6) is -0.221. The summed E-state index contributed by atoms with van der Waals surface area (Å²) in [7, 11) is 0. The van der Waals surface area contributed by atoms with Crippen molar-refractivity contribution in [3.05, 3.63) is 99.9 Å². The Kier molecular flexibility index (Phi) is 5.55. The minimum absolute atomic E-state index is 0.221. The summed E-state index contributed by atoms with van der Waals surface area (Å²) < 4.78 is 8.41. The van der Waals surface area contributed by atoms with Crippen LogP contribution in [0, 0.1) is 0 Å². The highest BCUT2D eigenvalue weighted by molar-refractivity contribution is 8.00. The van der Waals surface area contributed by atoms with Crippen molar-refractivity contribution in [2.75, 3.05) is 10.0 Å². The maximum Gasteiger partial charge on any atom is 0.336 e. The summed E-state index contributed by atoms with van der Waals surface area (Å²) in [5.41, 5.74) is 2.11. The second kappa shape index (κ2) is 8.43. The molecule has 0 fully saturated rings. The molecule has 4 rings (SSSR count). The molecule has 0 spiro atoms. The maximum atomic E-state index is 12.5. The van der Waals surface area contributed by atoms with E-state index < -0.39 is 0 Å². The van der Waals surface area contributed by atoms with Crippen LogP contribution in [-0.2, 0) is 0 Å². The molecule has 0 bridgehead atoms. The van der Waals surface area contributed by atoms with Gasteiger partial charge in [0.25, 0.3) is 5.91 Å². The van der Waals surface area contributed by atoms with E-state index in [9.17, 15) is 9.59 Å². The Morgan fingerprint density at radius 2 is 1.66 bits per heavy atom. The van der Waals surface area contributed by atoms with Crippen molar-refractivity contribution in [2.24, 2.45) is 0 Å². The van der Waals surface area contributed by atoms with E-state index >= 15 is 0 Å². The van der Waals surface area contributed by atoms with Gasteiger partial charge in [-0.2, -0.15) is 0 Å². The smallest absolute Gasteiger partial charge is 0.336 e. The molecular formula is C22H15ClN2O3S. The lowest BCUT2D eigenvalue weighted by Gasteiger charge is -2.13. The molecule has 0 radical (unpaired) electrons. The molecule has 3 aromatic carbocycles. The van der Waals surface area contributed by atoms with E-state index in [0.717, 1.165) is 16.0 Å². The van der Waals surface area contributed by atoms with E-state index in [1.54, 1.807) is 36.4 Å². The zero-order valence-corrected chi connectivity index (χ0v) is 16.6. The second-order valence-electron chi connectivity index (χ2n) is 6.16. The van der Waals surface area contributed by atoms with Gasteiger partial charge in [0.1, 0.15) is 5.58 Å². The van der Waals surface area contributed by atoms with Crippen LogP contribution in [0.1, 0.15) is 10.4 Å². The highest BCUT2D eigenvalue weighted by Gasteiger charge is 2.09. The van der Waals surface area contributed by atoms with Crippen molar-refractivity contribution >= 4 is 51.8 Å². The molecule has 5 nitrogen and oxygen atoms in total. The molecule has 0 aliphatic heterocycles. The van der Waals surface area contributed by atoms with Gasteiger partial charge in [-0.05, 0) is 72.6 Å². The fourth-order valence-corrected chi connectivity index (χ4v) is 3.56. The van der Waals surface area contributed by atoms with E-state index in [0.29, 0.717) is 21.9 Å². The van der Waals surface area contributed by atoms with Gasteiger partial charge in [0.2, 0.25) is 0 Å². The van der Waals surface area contributed by atoms with Gasteiger partial charge >= 0.3 is 5.63 Å². The molecule has 29 heavy (non-hydrogen) atoms. The lowest BCUT2D eigenvalue weighted by Crippen LogP contribution is -2.12. The van der Waals surface area contributed by atoms with Crippen molar-refractivity contribution in [2.45, 2.75) is 4.90 Å². The maximum absolute atomic E-state index is 12.5. The lowest BCUT2D eigenvalue weighted by molar-refractivity contribution is 0.102. The van der Waals surface area contributed by atoms with Crippen LogP contribution in [0.3, 0.4) is 0 Å². The number of benzene rings is 3. The van der Waals surface area contributed by atoms with Gasteiger partial charge in [-0.1, -0.05) is 23.7 Å². The molecule has 7 heteroatoms. The predicted octanol–water partition coefficient (Wildman–Crippen LogP) is 5.82. The van der Waals surface area contributed by atoms with Gasteiger partial charge in [0.15, 0.2) is 0 Å². The molecule has 0 aliphatic rings. The van der Waals surface area contributed by atoms with Gasteiger partial charge in [0.05, 0.1) is 11.4 Å². The molecule has 0 saturated heterocycles. The second-order valence-corrected chi connectivity index (χ2v) is 7.48. The zero-order valence-electron chi connectivity index (χ0n) is 15.0. The number of carbonyl (C=O) groups is 1. The van der Waals surface area contributed by atoms with Crippen LogP contribution in [0.4, 0.5) is 11.4 Å². The van der Waals surface area contributed by atoms with Gasteiger partial charge in [0, 0.05) is 26.9 Å². The third-order valence-corrected chi connectivity index (χ3v) is 5.21. The van der Waals surface area contributed by atoms with Crippen molar-refractivity contribution in [1.29, 1.82) is 0 Å². The van der Waals surface area contributed by atoms with Crippen molar-refractivity contribution in [1.82, 2.24) is 0 Å². The first-order valence-electron chi connectivity index (χ1n) is 8.71. The van der Waals surface area contributed by atoms with Crippen LogP contribution in [0.5, 0.6) is 0 Å². The fourth-order valence-electron chi connectivity index (χ4n) is 2.70. The summed E-state index contributed by atoms with van der Waals surface area (Å²) in [6.07, 6.45) is 0. The number of anilines is 2. The molecule has 2 N–H and O–H groups in total. The third-order valence-electron chi connectivity index (χ3n) is 4.15. The Bertz CT molecular complexity index is 1240. The van der Waals surface area contributed by atoms with Crippen LogP contribution in [0.2, 0.25) is 5.02 Å². The number of hydrogen-bond acceptors (Lipinski definition) is 5. The summed E-state index contributed by atoms with van der Waals surface area (Å²) in [6, 6.07) is 22.8. The van der Waals surface area contributed by atoms with Crippen LogP contribution in [-0.4, -0.2) is 5.91 Å². The number of nitrogens with one attached hydrogen (secondary N) is 2. The molecule has 0 unspecified atom stereocenters. The number of fused-ring (bicyclic) bond motifs is 1. The Morgan fingerprint density at radius 3 is 2.45 bits per heavy atom. The van der Waals surface area contributed by atoms with Crippen molar-refractivity contribution < 1.29 is 9.21 Å². The molecule has 1 aromatic heterocycles. The third kappa shape index (κ3) is 4.62. The molecule has 4 aromatic rings. The lowest BCUT2D eigenvalue weighted by atomic mass is 10.2. The Morgan fingerprint density at radius 1 is 0.897 bits per heavy atom. The quantitative estimate of drug-likeness (QED) is 0.313. The Hall–Kier alpha value is -3.22. The summed E-state index contributed by atoms with van der Waals surface area (Å²) in [4.78, 5) is 24.7. The van der Waals surface area contributed by atoms with Gasteiger partial charge in [-0.3, -0.25) is 4.79 Å². The minimum Gasteiger partial charge on any atom is -0.423 e. The topological polar surface area (TPSA) is 71.3 Å². The number of rotatable bonds is 5. The molecule has 0 atom stereocenters. The van der Waals surface area contributed by atoms with Crippen LogP contribution >= 0.6 is 23.5 Å². The highest BCUT2D eigenvalue weighted by Crippen LogP contribution is 2.29. The first-order valence-corrected chi connectivity index (χ1v) is 9.91. The van der Waals surface area contributed by atoms with E-state index in [4.69, 9.17) is 16.0 Å².